The molecule has 0 unspecified atom stereocenters. The van der Waals surface area contributed by atoms with Crippen molar-refractivity contribution in [3.63, 3.8) is 0 Å². The Kier molecular flexibility index (Phi) is 5.22. The third kappa shape index (κ3) is 4.02. The maximum Gasteiger partial charge on any atom is 0.223 e. The molecule has 2 aliphatic heterocycles. The number of piperidine rings is 1. The second-order valence-corrected chi connectivity index (χ2v) is 6.68. The van der Waals surface area contributed by atoms with E-state index in [4.69, 9.17) is 4.74 Å². The van der Waals surface area contributed by atoms with Crippen LogP contribution in [0, 0.1) is 0 Å². The predicted octanol–water partition coefficient (Wildman–Crippen LogP) is 1.57. The van der Waals surface area contributed by atoms with Crippen molar-refractivity contribution >= 4 is 17.2 Å². The number of carbonyl (C=O) groups excluding carboxylic acids is 1. The van der Waals surface area contributed by atoms with E-state index in [9.17, 15) is 4.79 Å². The van der Waals surface area contributed by atoms with E-state index in [1.807, 2.05) is 16.5 Å². The van der Waals surface area contributed by atoms with Crippen molar-refractivity contribution in [2.45, 2.75) is 25.2 Å². The van der Waals surface area contributed by atoms with E-state index in [0.717, 1.165) is 58.8 Å². The van der Waals surface area contributed by atoms with E-state index >= 15 is 0 Å². The summed E-state index contributed by atoms with van der Waals surface area (Å²) in [6, 6.07) is 0. The first-order valence-electron chi connectivity index (χ1n) is 7.80. The fourth-order valence-electron chi connectivity index (χ4n) is 3.08. The molecule has 0 N–H and O–H groups in total. The summed E-state index contributed by atoms with van der Waals surface area (Å²) in [7, 11) is 0. The van der Waals surface area contributed by atoms with Crippen LogP contribution in [0.3, 0.4) is 0 Å². The summed E-state index contributed by atoms with van der Waals surface area (Å²) in [5.41, 5.74) is 0. The number of ether oxygens (including phenoxy) is 1. The zero-order chi connectivity index (χ0) is 14.5. The summed E-state index contributed by atoms with van der Waals surface area (Å²) >= 11 is 1.71. The highest BCUT2D eigenvalue weighted by Crippen LogP contribution is 2.28. The first-order valence-corrected chi connectivity index (χ1v) is 8.68. The Morgan fingerprint density at radius 2 is 2.24 bits per heavy atom. The number of aromatic nitrogens is 1. The van der Waals surface area contributed by atoms with Gasteiger partial charge in [-0.1, -0.05) is 0 Å². The van der Waals surface area contributed by atoms with Gasteiger partial charge in [-0.2, -0.15) is 0 Å². The van der Waals surface area contributed by atoms with Gasteiger partial charge in [0, 0.05) is 56.6 Å². The molecular formula is C15H23N3O2S. The number of thiazole rings is 1. The zero-order valence-corrected chi connectivity index (χ0v) is 13.2. The number of carbonyl (C=O) groups is 1. The minimum absolute atomic E-state index is 0.294. The van der Waals surface area contributed by atoms with Crippen molar-refractivity contribution in [2.24, 2.45) is 0 Å². The molecule has 116 valence electrons. The van der Waals surface area contributed by atoms with Crippen LogP contribution in [0.15, 0.2) is 11.6 Å². The summed E-state index contributed by atoms with van der Waals surface area (Å²) in [5.74, 6) is 0.730. The van der Waals surface area contributed by atoms with Gasteiger partial charge < -0.3 is 9.64 Å². The molecule has 5 nitrogen and oxygen atoms in total. The normalized spacial score (nSPS) is 24.2. The van der Waals surface area contributed by atoms with Gasteiger partial charge in [-0.25, -0.2) is 4.98 Å². The molecule has 0 radical (unpaired) electrons. The lowest BCUT2D eigenvalue weighted by atomic mass is 9.98. The summed E-state index contributed by atoms with van der Waals surface area (Å²) in [6.07, 6.45) is 4.73. The fourth-order valence-corrected chi connectivity index (χ4v) is 3.85. The number of rotatable bonds is 4. The van der Waals surface area contributed by atoms with Crippen molar-refractivity contribution in [1.82, 2.24) is 14.8 Å². The molecule has 2 fully saturated rings. The Bertz CT molecular complexity index is 446. The van der Waals surface area contributed by atoms with Crippen molar-refractivity contribution in [3.05, 3.63) is 16.6 Å². The van der Waals surface area contributed by atoms with Gasteiger partial charge in [0.05, 0.1) is 18.2 Å². The molecule has 0 saturated carbocycles. The van der Waals surface area contributed by atoms with E-state index in [-0.39, 0.29) is 0 Å². The molecule has 6 heteroatoms. The Labute approximate surface area is 129 Å². The molecule has 21 heavy (non-hydrogen) atoms. The van der Waals surface area contributed by atoms with Crippen LogP contribution in [0.25, 0.3) is 0 Å². The summed E-state index contributed by atoms with van der Waals surface area (Å²) in [5, 5.41) is 3.20. The number of nitrogens with zero attached hydrogens (tertiary/aromatic N) is 3. The Morgan fingerprint density at radius 3 is 3.00 bits per heavy atom. The fraction of sp³-hybridized carbons (Fsp3) is 0.733. The van der Waals surface area contributed by atoms with Gasteiger partial charge >= 0.3 is 0 Å². The second kappa shape index (κ2) is 7.33. The standard InChI is InChI=1S/C15H23N3O2S/c19-14(3-6-17-7-9-20-10-8-17)18-5-1-2-13(12-18)15-16-4-11-21-15/h4,11,13H,1-3,5-10,12H2/t13-/m1/s1. The van der Waals surface area contributed by atoms with Crippen molar-refractivity contribution < 1.29 is 9.53 Å². The van der Waals surface area contributed by atoms with E-state index in [1.165, 1.54) is 5.01 Å². The van der Waals surface area contributed by atoms with Crippen LogP contribution in [0.2, 0.25) is 0 Å². The summed E-state index contributed by atoms with van der Waals surface area (Å²) < 4.78 is 5.34. The van der Waals surface area contributed by atoms with Gasteiger partial charge in [-0.15, -0.1) is 11.3 Å². The molecule has 2 aliphatic rings. The molecule has 3 heterocycles. The lowest BCUT2D eigenvalue weighted by Crippen LogP contribution is -2.42. The van der Waals surface area contributed by atoms with Crippen molar-refractivity contribution in [2.75, 3.05) is 45.9 Å². The molecule has 0 bridgehead atoms. The lowest BCUT2D eigenvalue weighted by Gasteiger charge is -2.33. The van der Waals surface area contributed by atoms with Gasteiger partial charge in [-0.05, 0) is 12.8 Å². The average Bonchev–Trinajstić information content (AvgIpc) is 3.08. The van der Waals surface area contributed by atoms with Crippen LogP contribution < -0.4 is 0 Å². The van der Waals surface area contributed by atoms with Crippen LogP contribution in [-0.4, -0.2) is 66.6 Å². The quantitative estimate of drug-likeness (QED) is 0.847. The van der Waals surface area contributed by atoms with Gasteiger partial charge in [0.25, 0.3) is 0 Å². The highest BCUT2D eigenvalue weighted by Gasteiger charge is 2.26. The molecular weight excluding hydrogens is 286 g/mol. The Morgan fingerprint density at radius 1 is 1.38 bits per heavy atom. The predicted molar refractivity (Wildman–Crippen MR) is 82.5 cm³/mol. The minimum Gasteiger partial charge on any atom is -0.379 e. The van der Waals surface area contributed by atoms with Gasteiger partial charge in [0.1, 0.15) is 0 Å². The lowest BCUT2D eigenvalue weighted by molar-refractivity contribution is -0.133. The number of morpholine rings is 1. The molecule has 2 saturated heterocycles. The maximum atomic E-state index is 12.4. The van der Waals surface area contributed by atoms with Crippen LogP contribution in [0.5, 0.6) is 0 Å². The molecule has 1 aromatic rings. The Balaban J connectivity index is 1.47. The van der Waals surface area contributed by atoms with Gasteiger partial charge in [0.2, 0.25) is 5.91 Å². The van der Waals surface area contributed by atoms with Crippen LogP contribution in [0.1, 0.15) is 30.2 Å². The number of likely N-dealkylation sites (tertiary alicyclic amines) is 1. The second-order valence-electron chi connectivity index (χ2n) is 5.75. The monoisotopic (exact) mass is 309 g/mol. The molecule has 1 aromatic heterocycles. The molecule has 0 aromatic carbocycles. The molecule has 1 atom stereocenters. The van der Waals surface area contributed by atoms with Crippen LogP contribution >= 0.6 is 11.3 Å². The highest BCUT2D eigenvalue weighted by atomic mass is 32.1. The highest BCUT2D eigenvalue weighted by molar-refractivity contribution is 7.09. The van der Waals surface area contributed by atoms with Gasteiger partial charge in [0.15, 0.2) is 0 Å². The van der Waals surface area contributed by atoms with Crippen molar-refractivity contribution in [1.29, 1.82) is 0 Å². The first-order chi connectivity index (χ1) is 10.3. The smallest absolute Gasteiger partial charge is 0.223 e. The van der Waals surface area contributed by atoms with E-state index in [1.54, 1.807) is 11.3 Å². The molecule has 3 rings (SSSR count). The molecule has 0 aliphatic carbocycles. The third-order valence-corrected chi connectivity index (χ3v) is 5.26. The Hall–Kier alpha value is -0.980. The van der Waals surface area contributed by atoms with Crippen LogP contribution in [-0.2, 0) is 9.53 Å². The van der Waals surface area contributed by atoms with Crippen molar-refractivity contribution in [3.8, 4) is 0 Å². The first kappa shape index (κ1) is 14.9. The zero-order valence-electron chi connectivity index (χ0n) is 12.4. The van der Waals surface area contributed by atoms with E-state index in [0.29, 0.717) is 18.2 Å². The largest absolute Gasteiger partial charge is 0.379 e. The van der Waals surface area contributed by atoms with Gasteiger partial charge in [-0.3, -0.25) is 9.69 Å². The topological polar surface area (TPSA) is 45.7 Å². The number of amides is 1. The summed E-state index contributed by atoms with van der Waals surface area (Å²) in [4.78, 5) is 21.2. The molecule has 0 spiro atoms. The molecule has 1 amide bonds. The third-order valence-electron chi connectivity index (χ3n) is 4.32. The number of hydrogen-bond donors (Lipinski definition) is 0. The average molecular weight is 309 g/mol. The van der Waals surface area contributed by atoms with E-state index in [2.05, 4.69) is 9.88 Å². The van der Waals surface area contributed by atoms with Crippen LogP contribution in [0.4, 0.5) is 0 Å². The number of hydrogen-bond acceptors (Lipinski definition) is 5. The SMILES string of the molecule is O=C(CCN1CCOCC1)N1CCC[C@@H](c2nccs2)C1. The minimum atomic E-state index is 0.294. The summed E-state index contributed by atoms with van der Waals surface area (Å²) in [6.45, 7) is 6.11. The maximum absolute atomic E-state index is 12.4. The van der Waals surface area contributed by atoms with E-state index < -0.39 is 0 Å².